The second-order valence-corrected chi connectivity index (χ2v) is 6.91. The Morgan fingerprint density at radius 2 is 1.71 bits per heavy atom. The number of piperidine rings is 1. The number of hydrogen-bond donors (Lipinski definition) is 0. The van der Waals surface area contributed by atoms with Gasteiger partial charge < -0.3 is 9.64 Å². The van der Waals surface area contributed by atoms with E-state index in [1.54, 1.807) is 12.3 Å². The zero-order valence-electron chi connectivity index (χ0n) is 13.0. The first kappa shape index (κ1) is 13.7. The topological polar surface area (TPSA) is 63.7 Å². The van der Waals surface area contributed by atoms with Crippen LogP contribution in [0.15, 0.2) is 48.7 Å². The molecular formula is C19H15NO4. The summed E-state index contributed by atoms with van der Waals surface area (Å²) >= 11 is 0. The molecule has 2 fully saturated rings. The highest BCUT2D eigenvalue weighted by molar-refractivity contribution is 6.05. The predicted octanol–water partition coefficient (Wildman–Crippen LogP) is 1.47. The number of benzene rings is 1. The molecule has 2 bridgehead atoms. The SMILES string of the molecule is Cc1ccc([C@@]23C(=O)C=CN2[C@H]2C=C[C@@H]3[C@@H]3C(=O)OC(=O)[C@@H]32)cc1. The second-order valence-electron chi connectivity index (χ2n) is 6.91. The van der Waals surface area contributed by atoms with E-state index < -0.39 is 35.2 Å². The number of carbonyl (C=O) groups excluding carboxylic acids is 3. The zero-order valence-corrected chi connectivity index (χ0v) is 13.0. The van der Waals surface area contributed by atoms with E-state index in [2.05, 4.69) is 0 Å². The molecule has 4 heterocycles. The van der Waals surface area contributed by atoms with Gasteiger partial charge in [0, 0.05) is 12.1 Å². The van der Waals surface area contributed by atoms with Gasteiger partial charge in [0.15, 0.2) is 5.78 Å². The standard InChI is InChI=1S/C19H15NO4/c1-10-2-4-11(5-3-10)19-12-6-7-13(20(19)9-8-14(19)21)16-15(12)17(22)24-18(16)23/h2-9,12-13,15-16H,1H3/t12-,13+,15+,16-,19-/m1/s1. The van der Waals surface area contributed by atoms with E-state index >= 15 is 0 Å². The molecule has 5 nitrogen and oxygen atoms in total. The van der Waals surface area contributed by atoms with Crippen molar-refractivity contribution >= 4 is 17.7 Å². The smallest absolute Gasteiger partial charge is 0.319 e. The number of nitrogens with zero attached hydrogens (tertiary/aromatic N) is 1. The minimum Gasteiger partial charge on any atom is -0.393 e. The van der Waals surface area contributed by atoms with E-state index in [1.165, 1.54) is 0 Å². The van der Waals surface area contributed by atoms with Crippen molar-refractivity contribution in [3.05, 3.63) is 59.8 Å². The van der Waals surface area contributed by atoms with E-state index in [4.69, 9.17) is 4.74 Å². The summed E-state index contributed by atoms with van der Waals surface area (Å²) in [4.78, 5) is 39.4. The monoisotopic (exact) mass is 321 g/mol. The minimum absolute atomic E-state index is 0.0451. The molecule has 120 valence electrons. The van der Waals surface area contributed by atoms with Crippen LogP contribution in [0.1, 0.15) is 11.1 Å². The van der Waals surface area contributed by atoms with Gasteiger partial charge >= 0.3 is 11.9 Å². The number of cyclic esters (lactones) is 2. The van der Waals surface area contributed by atoms with Crippen molar-refractivity contribution in [3.63, 3.8) is 0 Å². The Kier molecular flexibility index (Phi) is 2.42. The molecule has 1 aliphatic carbocycles. The molecule has 5 aliphatic rings. The lowest BCUT2D eigenvalue weighted by atomic mass is 9.58. The highest BCUT2D eigenvalue weighted by atomic mass is 16.6. The lowest BCUT2D eigenvalue weighted by molar-refractivity contribution is -0.153. The molecule has 0 spiro atoms. The average molecular weight is 321 g/mol. The molecule has 2 saturated heterocycles. The molecule has 1 aromatic carbocycles. The summed E-state index contributed by atoms with van der Waals surface area (Å²) in [5.41, 5.74) is 1.01. The van der Waals surface area contributed by atoms with Gasteiger partial charge in [-0.15, -0.1) is 0 Å². The van der Waals surface area contributed by atoms with Gasteiger partial charge in [-0.2, -0.15) is 0 Å². The van der Waals surface area contributed by atoms with E-state index in [-0.39, 0.29) is 11.8 Å². The molecule has 0 N–H and O–H groups in total. The van der Waals surface area contributed by atoms with Crippen molar-refractivity contribution in [2.45, 2.75) is 18.5 Å². The number of rotatable bonds is 1. The summed E-state index contributed by atoms with van der Waals surface area (Å²) in [6.45, 7) is 1.99. The Bertz CT molecular complexity index is 853. The normalized spacial score (nSPS) is 38.5. The summed E-state index contributed by atoms with van der Waals surface area (Å²) < 4.78 is 4.91. The molecule has 4 aliphatic heterocycles. The maximum Gasteiger partial charge on any atom is 0.319 e. The largest absolute Gasteiger partial charge is 0.393 e. The third kappa shape index (κ3) is 1.35. The molecule has 6 rings (SSSR count). The van der Waals surface area contributed by atoms with Crippen molar-refractivity contribution in [2.75, 3.05) is 0 Å². The van der Waals surface area contributed by atoms with Crippen LogP contribution < -0.4 is 0 Å². The highest BCUT2D eigenvalue weighted by Crippen LogP contribution is 2.58. The van der Waals surface area contributed by atoms with E-state index in [9.17, 15) is 14.4 Å². The van der Waals surface area contributed by atoms with Crippen molar-refractivity contribution in [2.24, 2.45) is 17.8 Å². The van der Waals surface area contributed by atoms with Gasteiger partial charge in [-0.3, -0.25) is 14.4 Å². The fourth-order valence-corrected chi connectivity index (χ4v) is 4.87. The van der Waals surface area contributed by atoms with Crippen LogP contribution in [-0.4, -0.2) is 28.7 Å². The van der Waals surface area contributed by atoms with Crippen LogP contribution in [0.2, 0.25) is 0 Å². The third-order valence-electron chi connectivity index (χ3n) is 5.87. The molecule has 0 aromatic heterocycles. The number of aryl methyl sites for hydroxylation is 1. The first-order valence-corrected chi connectivity index (χ1v) is 8.07. The maximum atomic E-state index is 13.0. The van der Waals surface area contributed by atoms with E-state index in [0.29, 0.717) is 0 Å². The predicted molar refractivity (Wildman–Crippen MR) is 83.3 cm³/mol. The molecule has 0 amide bonds. The van der Waals surface area contributed by atoms with Gasteiger partial charge in [0.05, 0.1) is 17.9 Å². The van der Waals surface area contributed by atoms with Crippen molar-refractivity contribution in [3.8, 4) is 0 Å². The Labute approximate surface area is 138 Å². The van der Waals surface area contributed by atoms with Gasteiger partial charge in [0.25, 0.3) is 0 Å². The lowest BCUT2D eigenvalue weighted by Gasteiger charge is -2.56. The average Bonchev–Trinajstić information content (AvgIpc) is 3.09. The quantitative estimate of drug-likeness (QED) is 0.445. The van der Waals surface area contributed by atoms with Crippen LogP contribution in [0.4, 0.5) is 0 Å². The van der Waals surface area contributed by atoms with Gasteiger partial charge in [-0.25, -0.2) is 0 Å². The van der Waals surface area contributed by atoms with Gasteiger partial charge in [-0.05, 0) is 18.6 Å². The van der Waals surface area contributed by atoms with E-state index in [0.717, 1.165) is 11.1 Å². The summed E-state index contributed by atoms with van der Waals surface area (Å²) in [6, 6.07) is 7.49. The Morgan fingerprint density at radius 1 is 1.00 bits per heavy atom. The Hall–Kier alpha value is -2.69. The Morgan fingerprint density at radius 3 is 2.46 bits per heavy atom. The zero-order chi connectivity index (χ0) is 16.6. The van der Waals surface area contributed by atoms with Gasteiger partial charge in [-0.1, -0.05) is 42.0 Å². The molecule has 0 saturated carbocycles. The molecule has 0 unspecified atom stereocenters. The van der Waals surface area contributed by atoms with E-state index in [1.807, 2.05) is 48.2 Å². The summed E-state index contributed by atoms with van der Waals surface area (Å²) in [7, 11) is 0. The van der Waals surface area contributed by atoms with Crippen LogP contribution in [0.3, 0.4) is 0 Å². The molecular weight excluding hydrogens is 306 g/mol. The van der Waals surface area contributed by atoms with Gasteiger partial charge in [0.2, 0.25) is 0 Å². The van der Waals surface area contributed by atoms with Gasteiger partial charge in [0.1, 0.15) is 5.54 Å². The number of ketones is 1. The summed E-state index contributed by atoms with van der Waals surface area (Å²) in [6.07, 6.45) is 7.17. The van der Waals surface area contributed by atoms with Crippen LogP contribution in [-0.2, 0) is 24.7 Å². The summed E-state index contributed by atoms with van der Waals surface area (Å²) in [5, 5.41) is 0. The fraction of sp³-hybridized carbons (Fsp3) is 0.316. The first-order valence-electron chi connectivity index (χ1n) is 8.07. The number of ether oxygens (including phenoxy) is 1. The van der Waals surface area contributed by atoms with Crippen molar-refractivity contribution < 1.29 is 19.1 Å². The molecule has 5 atom stereocenters. The number of esters is 2. The minimum atomic E-state index is -0.947. The third-order valence-corrected chi connectivity index (χ3v) is 5.87. The molecule has 24 heavy (non-hydrogen) atoms. The van der Waals surface area contributed by atoms with Crippen LogP contribution in [0.25, 0.3) is 0 Å². The number of carbonyl (C=O) groups is 3. The highest BCUT2D eigenvalue weighted by Gasteiger charge is 2.69. The van der Waals surface area contributed by atoms with Crippen molar-refractivity contribution in [1.82, 2.24) is 4.90 Å². The molecule has 1 aromatic rings. The molecule has 0 radical (unpaired) electrons. The fourth-order valence-electron chi connectivity index (χ4n) is 4.87. The first-order chi connectivity index (χ1) is 11.5. The Balaban J connectivity index is 1.75. The lowest BCUT2D eigenvalue weighted by Crippen LogP contribution is -2.66. The van der Waals surface area contributed by atoms with Crippen LogP contribution in [0, 0.1) is 24.7 Å². The van der Waals surface area contributed by atoms with Crippen LogP contribution >= 0.6 is 0 Å². The summed E-state index contributed by atoms with van der Waals surface area (Å²) in [5.74, 6) is -2.55. The maximum absolute atomic E-state index is 13.0. The number of hydrogen-bond acceptors (Lipinski definition) is 5. The second kappa shape index (κ2) is 4.23. The van der Waals surface area contributed by atoms with Crippen LogP contribution in [0.5, 0.6) is 0 Å². The van der Waals surface area contributed by atoms with Crippen molar-refractivity contribution in [1.29, 1.82) is 0 Å². The molecule has 5 heteroatoms.